The molecule has 162 valence electrons. The Hall–Kier alpha value is -2.78. The predicted molar refractivity (Wildman–Crippen MR) is 125 cm³/mol. The Morgan fingerprint density at radius 2 is 2.06 bits per heavy atom. The fraction of sp³-hybridized carbons (Fsp3) is 0.227. The maximum absolute atomic E-state index is 12.9. The zero-order valence-electron chi connectivity index (χ0n) is 17.2. The molecule has 0 spiro atoms. The van der Waals surface area contributed by atoms with Crippen LogP contribution in [0.25, 0.3) is 6.08 Å². The molecule has 1 aliphatic rings. The van der Waals surface area contributed by atoms with Crippen LogP contribution in [-0.4, -0.2) is 47.3 Å². The number of thioether (sulfide) groups is 1. The Morgan fingerprint density at radius 3 is 2.71 bits per heavy atom. The van der Waals surface area contributed by atoms with Crippen molar-refractivity contribution in [2.45, 2.75) is 13.8 Å². The molecule has 7 nitrogen and oxygen atoms in total. The van der Waals surface area contributed by atoms with E-state index in [1.54, 1.807) is 36.3 Å². The maximum Gasteiger partial charge on any atom is 0.335 e. The number of amides is 1. The van der Waals surface area contributed by atoms with Crippen LogP contribution in [-0.2, 0) is 4.79 Å². The monoisotopic (exact) mass is 504 g/mol. The lowest BCUT2D eigenvalue weighted by molar-refractivity contribution is -0.122. The first-order valence-electron chi connectivity index (χ1n) is 9.51. The van der Waals surface area contributed by atoms with Crippen LogP contribution in [0.5, 0.6) is 11.5 Å². The minimum absolute atomic E-state index is 0.140. The van der Waals surface area contributed by atoms with Crippen molar-refractivity contribution in [3.8, 4) is 11.5 Å². The third-order valence-electron chi connectivity index (χ3n) is 4.36. The van der Waals surface area contributed by atoms with Crippen molar-refractivity contribution in [3.05, 3.63) is 56.9 Å². The molecule has 3 rings (SSSR count). The normalized spacial score (nSPS) is 16.3. The van der Waals surface area contributed by atoms with Crippen LogP contribution in [0, 0.1) is 0 Å². The summed E-state index contributed by atoms with van der Waals surface area (Å²) in [6.45, 7) is 4.69. The highest BCUT2D eigenvalue weighted by Gasteiger charge is 2.32. The lowest BCUT2D eigenvalue weighted by Gasteiger charge is -2.12. The first kappa shape index (κ1) is 22.9. The lowest BCUT2D eigenvalue weighted by Crippen LogP contribution is -2.28. The van der Waals surface area contributed by atoms with Crippen molar-refractivity contribution in [2.24, 2.45) is 4.99 Å². The van der Waals surface area contributed by atoms with Gasteiger partial charge in [-0.25, -0.2) is 9.79 Å². The van der Waals surface area contributed by atoms with Crippen LogP contribution in [0.15, 0.2) is 50.8 Å². The predicted octanol–water partition coefficient (Wildman–Crippen LogP) is 5.18. The third kappa shape index (κ3) is 5.11. The Bertz CT molecular complexity index is 1080. The molecule has 0 saturated carbocycles. The smallest absolute Gasteiger partial charge is 0.335 e. The van der Waals surface area contributed by atoms with Crippen molar-refractivity contribution >= 4 is 56.5 Å². The van der Waals surface area contributed by atoms with Crippen molar-refractivity contribution in [1.82, 2.24) is 4.90 Å². The standard InChI is InChI=1S/C22H21BrN2O5S/c1-4-25-20(26)18(11-13-9-16(23)19(30-5-2)17(10-13)29-3)31-22(25)24-15-8-6-7-14(12-15)21(27)28/h6-12H,4-5H2,1-3H3,(H,27,28). The number of ether oxygens (including phenoxy) is 2. The van der Waals surface area contributed by atoms with E-state index in [9.17, 15) is 14.7 Å². The Morgan fingerprint density at radius 1 is 1.29 bits per heavy atom. The number of carbonyl (C=O) groups is 2. The summed E-state index contributed by atoms with van der Waals surface area (Å²) in [4.78, 5) is 30.7. The fourth-order valence-electron chi connectivity index (χ4n) is 2.95. The highest BCUT2D eigenvalue weighted by atomic mass is 79.9. The van der Waals surface area contributed by atoms with E-state index in [2.05, 4.69) is 20.9 Å². The molecule has 0 unspecified atom stereocenters. The maximum atomic E-state index is 12.9. The van der Waals surface area contributed by atoms with Crippen molar-refractivity contribution in [1.29, 1.82) is 0 Å². The molecule has 2 aromatic rings. The number of aromatic carboxylic acids is 1. The Kier molecular flexibility index (Phi) is 7.40. The number of amidine groups is 1. The van der Waals surface area contributed by atoms with Crippen LogP contribution in [0.2, 0.25) is 0 Å². The van der Waals surface area contributed by atoms with Gasteiger partial charge in [0.15, 0.2) is 16.7 Å². The van der Waals surface area contributed by atoms with Gasteiger partial charge in [-0.1, -0.05) is 6.07 Å². The van der Waals surface area contributed by atoms with Crippen LogP contribution in [0.3, 0.4) is 0 Å². The molecule has 0 aromatic heterocycles. The highest BCUT2D eigenvalue weighted by molar-refractivity contribution is 9.10. The minimum atomic E-state index is -1.03. The zero-order valence-corrected chi connectivity index (χ0v) is 19.6. The van der Waals surface area contributed by atoms with Gasteiger partial charge in [0.2, 0.25) is 0 Å². The quantitative estimate of drug-likeness (QED) is 0.522. The number of carboxylic acids is 1. The average Bonchev–Trinajstić information content (AvgIpc) is 3.03. The van der Waals surface area contributed by atoms with E-state index in [-0.39, 0.29) is 11.5 Å². The molecule has 1 fully saturated rings. The topological polar surface area (TPSA) is 88.4 Å². The van der Waals surface area contributed by atoms with E-state index >= 15 is 0 Å². The van der Waals surface area contributed by atoms with Crippen LogP contribution >= 0.6 is 27.7 Å². The van der Waals surface area contributed by atoms with E-state index in [4.69, 9.17) is 9.47 Å². The van der Waals surface area contributed by atoms with Crippen molar-refractivity contribution < 1.29 is 24.2 Å². The first-order valence-corrected chi connectivity index (χ1v) is 11.1. The summed E-state index contributed by atoms with van der Waals surface area (Å²) in [7, 11) is 1.56. The molecule has 0 radical (unpaired) electrons. The molecule has 31 heavy (non-hydrogen) atoms. The molecule has 0 atom stereocenters. The van der Waals surface area contributed by atoms with Gasteiger partial charge in [0.1, 0.15) is 0 Å². The second-order valence-corrected chi connectivity index (χ2v) is 8.24. The number of nitrogens with zero attached hydrogens (tertiary/aromatic N) is 2. The molecule has 1 aliphatic heterocycles. The average molecular weight is 505 g/mol. The molecule has 0 bridgehead atoms. The van der Waals surface area contributed by atoms with Gasteiger partial charge in [0.05, 0.1) is 34.3 Å². The molecule has 9 heteroatoms. The Balaban J connectivity index is 1.96. The van der Waals surface area contributed by atoms with Gasteiger partial charge in [-0.05, 0) is 83.5 Å². The summed E-state index contributed by atoms with van der Waals surface area (Å²) in [6, 6.07) is 9.97. The number of hydrogen-bond donors (Lipinski definition) is 1. The molecule has 1 N–H and O–H groups in total. The molecular formula is C22H21BrN2O5S. The van der Waals surface area contributed by atoms with Gasteiger partial charge < -0.3 is 14.6 Å². The molecular weight excluding hydrogens is 484 g/mol. The van der Waals surface area contributed by atoms with E-state index in [1.165, 1.54) is 23.9 Å². The fourth-order valence-corrected chi connectivity index (χ4v) is 4.58. The Labute approximate surface area is 192 Å². The largest absolute Gasteiger partial charge is 0.493 e. The van der Waals surface area contributed by atoms with Gasteiger partial charge in [0, 0.05) is 6.54 Å². The van der Waals surface area contributed by atoms with Crippen LogP contribution in [0.4, 0.5) is 5.69 Å². The second kappa shape index (κ2) is 10.0. The van der Waals surface area contributed by atoms with Gasteiger partial charge in [-0.15, -0.1) is 0 Å². The number of hydrogen-bond acceptors (Lipinski definition) is 6. The van der Waals surface area contributed by atoms with Crippen molar-refractivity contribution in [2.75, 3.05) is 20.3 Å². The number of carboxylic acid groups (broad SMARTS) is 1. The molecule has 0 aliphatic carbocycles. The third-order valence-corrected chi connectivity index (χ3v) is 5.96. The first-order chi connectivity index (χ1) is 14.9. The van der Waals surface area contributed by atoms with E-state index in [1.807, 2.05) is 19.9 Å². The minimum Gasteiger partial charge on any atom is -0.493 e. The SMILES string of the molecule is CCOc1c(Br)cc(C=C2SC(=Nc3cccc(C(=O)O)c3)N(CC)C2=O)cc1OC. The summed E-state index contributed by atoms with van der Waals surface area (Å²) in [6.07, 6.45) is 1.77. The number of benzene rings is 2. The van der Waals surface area contributed by atoms with Gasteiger partial charge in [-0.2, -0.15) is 0 Å². The second-order valence-electron chi connectivity index (χ2n) is 6.38. The number of likely N-dealkylation sites (N-methyl/N-ethyl adjacent to an activating group) is 1. The number of methoxy groups -OCH3 is 1. The zero-order chi connectivity index (χ0) is 22.5. The number of rotatable bonds is 7. The lowest BCUT2D eigenvalue weighted by atomic mass is 10.2. The summed E-state index contributed by atoms with van der Waals surface area (Å²) >= 11 is 4.74. The number of carbonyl (C=O) groups excluding carboxylic acids is 1. The van der Waals surface area contributed by atoms with E-state index in [0.717, 1.165) is 10.0 Å². The van der Waals surface area contributed by atoms with Crippen molar-refractivity contribution in [3.63, 3.8) is 0 Å². The van der Waals surface area contributed by atoms with E-state index in [0.29, 0.717) is 40.4 Å². The van der Waals surface area contributed by atoms with Gasteiger partial charge >= 0.3 is 5.97 Å². The van der Waals surface area contributed by atoms with Crippen LogP contribution < -0.4 is 9.47 Å². The summed E-state index contributed by atoms with van der Waals surface area (Å²) < 4.78 is 11.8. The van der Waals surface area contributed by atoms with Gasteiger partial charge in [-0.3, -0.25) is 9.69 Å². The summed E-state index contributed by atoms with van der Waals surface area (Å²) in [5.74, 6) is -0.0247. The number of aliphatic imine (C=N–C) groups is 1. The van der Waals surface area contributed by atoms with E-state index < -0.39 is 5.97 Å². The molecule has 1 amide bonds. The summed E-state index contributed by atoms with van der Waals surface area (Å²) in [5, 5.41) is 9.68. The molecule has 1 heterocycles. The molecule has 2 aromatic carbocycles. The van der Waals surface area contributed by atoms with Crippen LogP contribution in [0.1, 0.15) is 29.8 Å². The highest BCUT2D eigenvalue weighted by Crippen LogP contribution is 2.39. The molecule has 1 saturated heterocycles. The van der Waals surface area contributed by atoms with Gasteiger partial charge in [0.25, 0.3) is 5.91 Å². The number of halogens is 1. The summed E-state index contributed by atoms with van der Waals surface area (Å²) in [5.41, 5.74) is 1.38.